The van der Waals surface area contributed by atoms with Crippen LogP contribution in [0.15, 0.2) is 94.1 Å². The molecule has 2 aliphatic rings. The highest BCUT2D eigenvalue weighted by Crippen LogP contribution is 2.47. The number of benzene rings is 4. The fraction of sp³-hybridized carbons (Fsp3) is 0. The zero-order valence-electron chi connectivity index (χ0n) is 21.4. The largest absolute Gasteiger partial charge is 0.268 e. The van der Waals surface area contributed by atoms with E-state index in [0.29, 0.717) is 35.8 Å². The third-order valence-corrected chi connectivity index (χ3v) is 18.3. The number of fused-ring (bicyclic) bond motifs is 2. The van der Waals surface area contributed by atoms with Gasteiger partial charge in [-0.1, -0.05) is 0 Å². The van der Waals surface area contributed by atoms with Crippen molar-refractivity contribution >= 4 is 172 Å². The number of hydrogen-bond donors (Lipinski definition) is 0. The van der Waals surface area contributed by atoms with Gasteiger partial charge in [0.25, 0.3) is 23.6 Å². The highest BCUT2D eigenvalue weighted by atomic mass is 79.9. The molecule has 4 aromatic rings. The van der Waals surface area contributed by atoms with Crippen LogP contribution in [0.2, 0.25) is 0 Å². The van der Waals surface area contributed by atoms with Crippen LogP contribution in [0, 0.1) is 0 Å². The quantitative estimate of drug-likeness (QED) is 0.114. The van der Waals surface area contributed by atoms with E-state index in [9.17, 15) is 27.6 Å². The lowest BCUT2D eigenvalue weighted by molar-refractivity contribution is 0.0910. The Hall–Kier alpha value is -1.05. The molecule has 6 rings (SSSR count). The van der Waals surface area contributed by atoms with E-state index in [0.717, 1.165) is 9.80 Å². The average molecular weight is 1140 g/mol. The first-order valence-electron chi connectivity index (χ1n) is 12.1. The van der Waals surface area contributed by atoms with Crippen LogP contribution in [-0.4, -0.2) is 32.0 Å². The Morgan fingerprint density at radius 2 is 0.600 bits per heavy atom. The predicted octanol–water partition coefficient (Wildman–Crippen LogP) is 10.2. The summed E-state index contributed by atoms with van der Waals surface area (Å²) in [6.45, 7) is 0. The molecule has 0 radical (unpaired) electrons. The third kappa shape index (κ3) is 5.09. The second-order valence-electron chi connectivity index (χ2n) is 9.39. The van der Waals surface area contributed by atoms with Crippen LogP contribution in [0.4, 0.5) is 11.4 Å². The van der Waals surface area contributed by atoms with Crippen LogP contribution >= 0.6 is 127 Å². The Kier molecular flexibility index (Phi) is 9.12. The Labute approximate surface area is 322 Å². The molecule has 2 aliphatic heterocycles. The molecule has 0 spiro atoms. The molecule has 0 N–H and O–H groups in total. The Morgan fingerprint density at radius 1 is 0.378 bits per heavy atom. The molecule has 17 heteroatoms. The lowest BCUT2D eigenvalue weighted by atomic mass is 10.1. The van der Waals surface area contributed by atoms with Crippen molar-refractivity contribution in [1.82, 2.24) is 0 Å². The summed E-state index contributed by atoms with van der Waals surface area (Å²) in [6.07, 6.45) is 0. The monoisotopic (exact) mass is 1130 g/mol. The fourth-order valence-electron chi connectivity index (χ4n) is 4.85. The minimum atomic E-state index is -4.06. The summed E-state index contributed by atoms with van der Waals surface area (Å²) in [5, 5.41) is 0. The predicted molar refractivity (Wildman–Crippen MR) is 195 cm³/mol. The number of sulfone groups is 1. The van der Waals surface area contributed by atoms with E-state index < -0.39 is 33.5 Å². The maximum atomic E-state index is 13.5. The molecule has 0 fully saturated rings. The summed E-state index contributed by atoms with van der Waals surface area (Å²) in [5.41, 5.74) is 1.02. The van der Waals surface area contributed by atoms with Crippen molar-refractivity contribution in [1.29, 1.82) is 0 Å². The number of halogens is 8. The van der Waals surface area contributed by atoms with Crippen LogP contribution in [-0.2, 0) is 9.84 Å². The summed E-state index contributed by atoms with van der Waals surface area (Å²) in [6, 6.07) is 10.7. The van der Waals surface area contributed by atoms with Crippen molar-refractivity contribution in [2.45, 2.75) is 9.79 Å². The van der Waals surface area contributed by atoms with Gasteiger partial charge in [-0.05, 0) is 176 Å². The minimum absolute atomic E-state index is 0.0910. The van der Waals surface area contributed by atoms with Gasteiger partial charge in [-0.2, -0.15) is 0 Å². The first-order valence-corrected chi connectivity index (χ1v) is 19.9. The molecular formula is C28H8Br8N2O6S. The number of imide groups is 2. The topological polar surface area (TPSA) is 109 Å². The molecule has 45 heavy (non-hydrogen) atoms. The molecule has 0 bridgehead atoms. The molecule has 0 atom stereocenters. The molecule has 4 amide bonds. The zero-order valence-corrected chi connectivity index (χ0v) is 34.9. The smallest absolute Gasteiger partial charge is 0.267 e. The van der Waals surface area contributed by atoms with Crippen LogP contribution in [0.5, 0.6) is 0 Å². The van der Waals surface area contributed by atoms with Gasteiger partial charge in [0, 0.05) is 35.8 Å². The molecule has 0 aromatic heterocycles. The van der Waals surface area contributed by atoms with E-state index in [1.54, 1.807) is 0 Å². The second kappa shape index (κ2) is 12.1. The number of amides is 4. The van der Waals surface area contributed by atoms with Crippen LogP contribution in [0.3, 0.4) is 0 Å². The number of carbonyl (C=O) groups is 4. The third-order valence-electron chi connectivity index (χ3n) is 7.01. The van der Waals surface area contributed by atoms with Crippen LogP contribution < -0.4 is 9.80 Å². The van der Waals surface area contributed by atoms with Gasteiger partial charge in [0.1, 0.15) is 0 Å². The summed E-state index contributed by atoms with van der Waals surface area (Å²) in [7, 11) is -4.06. The molecule has 0 saturated carbocycles. The highest BCUT2D eigenvalue weighted by Gasteiger charge is 2.43. The van der Waals surface area contributed by atoms with Crippen molar-refractivity contribution in [2.75, 3.05) is 9.80 Å². The summed E-state index contributed by atoms with van der Waals surface area (Å²) >= 11 is 27.1. The van der Waals surface area contributed by atoms with Gasteiger partial charge in [0.2, 0.25) is 9.84 Å². The lowest BCUT2D eigenvalue weighted by Crippen LogP contribution is -2.29. The summed E-state index contributed by atoms with van der Waals surface area (Å²) < 4.78 is 30.8. The molecule has 0 saturated heterocycles. The standard InChI is InChI=1S/C28H8Br8N2O6S/c29-17-13-14(18(30)22(34)21(17)33)26(40)37(25(13)39)9-1-5-11(6-2-9)45(43,44)12-7-3-10(4-8-12)38-27(41)15-16(28(38)42)20(32)24(36)23(35)19(15)31/h1-8H. The molecule has 4 aromatic carbocycles. The van der Waals surface area contributed by atoms with Crippen molar-refractivity contribution < 1.29 is 27.6 Å². The van der Waals surface area contributed by atoms with Crippen molar-refractivity contribution in [3.05, 3.63) is 107 Å². The second-order valence-corrected chi connectivity index (χ2v) is 17.7. The molecule has 2 heterocycles. The van der Waals surface area contributed by atoms with Gasteiger partial charge in [-0.3, -0.25) is 19.2 Å². The SMILES string of the molecule is O=C1c2c(Br)c(Br)c(Br)c(Br)c2C(=O)N1c1ccc(S(=O)(=O)c2ccc(N3C(=O)c4c(Br)c(Br)c(Br)c(Br)c4C3=O)cc2)cc1. The first-order chi connectivity index (χ1) is 21.1. The summed E-state index contributed by atoms with van der Waals surface area (Å²) in [4.78, 5) is 55.0. The molecule has 228 valence electrons. The van der Waals surface area contributed by atoms with Gasteiger partial charge in [0.05, 0.1) is 43.4 Å². The summed E-state index contributed by atoms with van der Waals surface area (Å²) in [5.74, 6) is -2.30. The number of anilines is 2. The van der Waals surface area contributed by atoms with Gasteiger partial charge in [-0.25, -0.2) is 18.2 Å². The van der Waals surface area contributed by atoms with E-state index in [4.69, 9.17) is 0 Å². The van der Waals surface area contributed by atoms with E-state index in [1.165, 1.54) is 48.5 Å². The van der Waals surface area contributed by atoms with Crippen LogP contribution in [0.1, 0.15) is 41.4 Å². The van der Waals surface area contributed by atoms with Crippen molar-refractivity contribution in [3.8, 4) is 0 Å². The van der Waals surface area contributed by atoms with Gasteiger partial charge < -0.3 is 0 Å². The van der Waals surface area contributed by atoms with Gasteiger partial charge >= 0.3 is 0 Å². The minimum Gasteiger partial charge on any atom is -0.268 e. The van der Waals surface area contributed by atoms with Gasteiger partial charge in [-0.15, -0.1) is 0 Å². The average Bonchev–Trinajstić information content (AvgIpc) is 3.44. The number of nitrogens with zero attached hydrogens (tertiary/aromatic N) is 2. The highest BCUT2D eigenvalue weighted by molar-refractivity contribution is 9.15. The Balaban J connectivity index is 1.29. The molecule has 0 aliphatic carbocycles. The number of hydrogen-bond acceptors (Lipinski definition) is 6. The zero-order chi connectivity index (χ0) is 32.9. The maximum absolute atomic E-state index is 13.5. The molecule has 8 nitrogen and oxygen atoms in total. The van der Waals surface area contributed by atoms with Crippen molar-refractivity contribution in [2.24, 2.45) is 0 Å². The van der Waals surface area contributed by atoms with Crippen LogP contribution in [0.25, 0.3) is 0 Å². The lowest BCUT2D eigenvalue weighted by Gasteiger charge is -2.16. The molecule has 0 unspecified atom stereocenters. The Bertz CT molecular complexity index is 1950. The van der Waals surface area contributed by atoms with E-state index in [2.05, 4.69) is 127 Å². The van der Waals surface area contributed by atoms with E-state index in [-0.39, 0.29) is 43.4 Å². The normalized spacial score (nSPS) is 14.5. The van der Waals surface area contributed by atoms with Crippen molar-refractivity contribution in [3.63, 3.8) is 0 Å². The first kappa shape index (κ1) is 33.8. The fourth-order valence-corrected chi connectivity index (χ4v) is 11.0. The van der Waals surface area contributed by atoms with Gasteiger partial charge in [0.15, 0.2) is 0 Å². The molecular weight excluding hydrogens is 1130 g/mol. The van der Waals surface area contributed by atoms with E-state index >= 15 is 0 Å². The number of rotatable bonds is 4. The van der Waals surface area contributed by atoms with E-state index in [1.807, 2.05) is 0 Å². The Morgan fingerprint density at radius 3 is 0.822 bits per heavy atom. The number of carbonyl (C=O) groups excluding carboxylic acids is 4. The maximum Gasteiger partial charge on any atom is 0.267 e.